The lowest BCUT2D eigenvalue weighted by Gasteiger charge is -2.37. The molecule has 0 aliphatic heterocycles. The molecule has 0 atom stereocenters. The molecule has 4 nitrogen and oxygen atoms in total. The van der Waals surface area contributed by atoms with Crippen molar-refractivity contribution in [1.82, 2.24) is 4.98 Å². The molecule has 0 amide bonds. The van der Waals surface area contributed by atoms with Gasteiger partial charge in [-0.25, -0.2) is 9.78 Å². The Morgan fingerprint density at radius 3 is 2.28 bits per heavy atom. The summed E-state index contributed by atoms with van der Waals surface area (Å²) in [6.45, 7) is 9.20. The van der Waals surface area contributed by atoms with Crippen LogP contribution in [0.2, 0.25) is 0 Å². The normalized spacial score (nSPS) is 17.7. The number of carbonyl (C=O) groups is 1. The van der Waals surface area contributed by atoms with Crippen LogP contribution in [0.3, 0.4) is 0 Å². The zero-order chi connectivity index (χ0) is 18.4. The quantitative estimate of drug-likeness (QED) is 0.720. The molecule has 1 heterocycles. The third-order valence-electron chi connectivity index (χ3n) is 5.21. The molecule has 5 heteroatoms. The largest absolute Gasteiger partial charge is 0.465 e. The molecule has 0 unspecified atom stereocenters. The monoisotopic (exact) mass is 358 g/mol. The fraction of sp³-hybridized carbons (Fsp3) is 0.500. The molecule has 1 aromatic carbocycles. The second kappa shape index (κ2) is 6.13. The summed E-state index contributed by atoms with van der Waals surface area (Å²) in [4.78, 5) is 20.1. The average Bonchev–Trinajstić information content (AvgIpc) is 3.06. The fourth-order valence-electron chi connectivity index (χ4n) is 3.28. The number of hydrogen-bond acceptors (Lipinski definition) is 5. The number of fused-ring (bicyclic) bond motifs is 1. The van der Waals surface area contributed by atoms with Gasteiger partial charge in [0.25, 0.3) is 0 Å². The summed E-state index contributed by atoms with van der Waals surface area (Å²) >= 11 is 1.79. The molecule has 134 valence electrons. The molecule has 1 aliphatic carbocycles. The number of nitrogens with zero attached hydrogens (tertiary/aromatic N) is 2. The van der Waals surface area contributed by atoms with E-state index in [4.69, 9.17) is 9.72 Å². The first-order chi connectivity index (χ1) is 11.7. The van der Waals surface area contributed by atoms with Gasteiger partial charge in [-0.05, 0) is 37.1 Å². The topological polar surface area (TPSA) is 42.4 Å². The first-order valence-electron chi connectivity index (χ1n) is 8.59. The number of benzene rings is 1. The molecule has 0 fully saturated rings. The Morgan fingerprint density at radius 2 is 1.72 bits per heavy atom. The Labute approximate surface area is 153 Å². The Bertz CT molecular complexity index is 757. The van der Waals surface area contributed by atoms with Crippen molar-refractivity contribution in [3.8, 4) is 0 Å². The van der Waals surface area contributed by atoms with Crippen LogP contribution in [0.15, 0.2) is 24.3 Å². The van der Waals surface area contributed by atoms with E-state index in [1.165, 1.54) is 24.1 Å². The Hall–Kier alpha value is -1.88. The van der Waals surface area contributed by atoms with E-state index in [2.05, 4.69) is 32.6 Å². The number of esters is 1. The van der Waals surface area contributed by atoms with Crippen LogP contribution in [-0.2, 0) is 15.6 Å². The second-order valence-electron chi connectivity index (χ2n) is 8.04. The first kappa shape index (κ1) is 17.9. The van der Waals surface area contributed by atoms with Gasteiger partial charge in [0.15, 0.2) is 5.13 Å². The van der Waals surface area contributed by atoms with Gasteiger partial charge in [0.1, 0.15) is 0 Å². The number of hydrogen-bond donors (Lipinski definition) is 0. The smallest absolute Gasteiger partial charge is 0.337 e. The van der Waals surface area contributed by atoms with Crippen LogP contribution in [-0.4, -0.2) is 25.1 Å². The van der Waals surface area contributed by atoms with Gasteiger partial charge in [-0.3, -0.25) is 0 Å². The lowest BCUT2D eigenvalue weighted by molar-refractivity contribution is 0.0601. The number of ether oxygens (including phenoxy) is 1. The van der Waals surface area contributed by atoms with Crippen molar-refractivity contribution in [3.05, 3.63) is 40.4 Å². The summed E-state index contributed by atoms with van der Waals surface area (Å²) in [6, 6.07) is 7.45. The predicted octanol–water partition coefficient (Wildman–Crippen LogP) is 5.05. The van der Waals surface area contributed by atoms with Crippen LogP contribution in [0, 0.1) is 0 Å². The average molecular weight is 359 g/mol. The molecule has 1 aromatic heterocycles. The van der Waals surface area contributed by atoms with Gasteiger partial charge in [-0.2, -0.15) is 0 Å². The van der Waals surface area contributed by atoms with Crippen molar-refractivity contribution in [2.75, 3.05) is 19.1 Å². The van der Waals surface area contributed by atoms with E-state index in [9.17, 15) is 4.79 Å². The molecule has 0 N–H and O–H groups in total. The second-order valence-corrected chi connectivity index (χ2v) is 9.02. The number of anilines is 2. The van der Waals surface area contributed by atoms with E-state index in [0.717, 1.165) is 17.2 Å². The molecule has 0 radical (unpaired) electrons. The highest BCUT2D eigenvalue weighted by molar-refractivity contribution is 7.16. The molecule has 0 bridgehead atoms. The molecule has 25 heavy (non-hydrogen) atoms. The molecule has 0 saturated carbocycles. The zero-order valence-electron chi connectivity index (χ0n) is 15.8. The van der Waals surface area contributed by atoms with Gasteiger partial charge in [0, 0.05) is 28.4 Å². The number of carbonyl (C=O) groups excluding carboxylic acids is 1. The van der Waals surface area contributed by atoms with Crippen molar-refractivity contribution < 1.29 is 9.53 Å². The minimum atomic E-state index is -0.317. The van der Waals surface area contributed by atoms with E-state index in [0.29, 0.717) is 5.56 Å². The fourth-order valence-corrected chi connectivity index (χ4v) is 4.63. The van der Waals surface area contributed by atoms with Crippen LogP contribution in [0.25, 0.3) is 0 Å². The maximum atomic E-state index is 11.6. The number of rotatable bonds is 3. The molecular formula is C20H26N2O2S. The number of aromatic nitrogens is 1. The molecule has 3 rings (SSSR count). The highest BCUT2D eigenvalue weighted by atomic mass is 32.1. The Morgan fingerprint density at radius 1 is 1.12 bits per heavy atom. The van der Waals surface area contributed by atoms with Crippen molar-refractivity contribution >= 4 is 28.1 Å². The molecular weight excluding hydrogens is 332 g/mol. The standard InChI is InChI=1S/C20H26N2O2S/c1-19(2)11-12-20(3,4)16-15(19)21-18(25-16)22(5)14-9-7-13(8-10-14)17(23)24-6/h7-10H,11-12H2,1-6H3. The third-order valence-corrected chi connectivity index (χ3v) is 6.71. The van der Waals surface area contributed by atoms with Crippen LogP contribution < -0.4 is 4.90 Å². The van der Waals surface area contributed by atoms with Crippen molar-refractivity contribution in [1.29, 1.82) is 0 Å². The van der Waals surface area contributed by atoms with Gasteiger partial charge >= 0.3 is 5.97 Å². The Balaban J connectivity index is 1.95. The van der Waals surface area contributed by atoms with Gasteiger partial charge in [-0.1, -0.05) is 27.7 Å². The highest BCUT2D eigenvalue weighted by Gasteiger charge is 2.40. The lowest BCUT2D eigenvalue weighted by Crippen LogP contribution is -2.32. The maximum Gasteiger partial charge on any atom is 0.337 e. The van der Waals surface area contributed by atoms with Crippen molar-refractivity contribution in [3.63, 3.8) is 0 Å². The SMILES string of the molecule is COC(=O)c1ccc(N(C)c2nc3c(s2)C(C)(C)CCC3(C)C)cc1. The van der Waals surface area contributed by atoms with Gasteiger partial charge in [-0.15, -0.1) is 11.3 Å². The van der Waals surface area contributed by atoms with Gasteiger partial charge < -0.3 is 9.64 Å². The first-order valence-corrected chi connectivity index (χ1v) is 9.41. The summed E-state index contributed by atoms with van der Waals surface area (Å²) in [5, 5.41) is 0.999. The van der Waals surface area contributed by atoms with Crippen LogP contribution in [0.1, 0.15) is 61.5 Å². The molecule has 1 aliphatic rings. The summed E-state index contributed by atoms with van der Waals surface area (Å²) in [7, 11) is 3.42. The van der Waals surface area contributed by atoms with Crippen molar-refractivity contribution in [2.45, 2.75) is 51.4 Å². The van der Waals surface area contributed by atoms with Crippen LogP contribution >= 0.6 is 11.3 Å². The molecule has 0 saturated heterocycles. The van der Waals surface area contributed by atoms with E-state index in [1.54, 1.807) is 23.5 Å². The van der Waals surface area contributed by atoms with E-state index < -0.39 is 0 Å². The maximum absolute atomic E-state index is 11.6. The van der Waals surface area contributed by atoms with Crippen molar-refractivity contribution in [2.24, 2.45) is 0 Å². The highest BCUT2D eigenvalue weighted by Crippen LogP contribution is 2.49. The number of thiazole rings is 1. The summed E-state index contributed by atoms with van der Waals surface area (Å²) < 4.78 is 4.76. The minimum Gasteiger partial charge on any atom is -0.465 e. The predicted molar refractivity (Wildman–Crippen MR) is 103 cm³/mol. The van der Waals surface area contributed by atoms with Gasteiger partial charge in [0.05, 0.1) is 18.4 Å². The van der Waals surface area contributed by atoms with E-state index in [1.807, 2.05) is 19.2 Å². The number of methoxy groups -OCH3 is 1. The summed E-state index contributed by atoms with van der Waals surface area (Å²) in [6.07, 6.45) is 2.35. The molecule has 0 spiro atoms. The lowest BCUT2D eigenvalue weighted by atomic mass is 9.69. The minimum absolute atomic E-state index is 0.120. The zero-order valence-corrected chi connectivity index (χ0v) is 16.7. The Kier molecular flexibility index (Phi) is 4.40. The summed E-state index contributed by atoms with van der Waals surface area (Å²) in [5.41, 5.74) is 3.10. The molecule has 2 aromatic rings. The van der Waals surface area contributed by atoms with E-state index >= 15 is 0 Å². The van der Waals surface area contributed by atoms with E-state index in [-0.39, 0.29) is 16.8 Å². The van der Waals surface area contributed by atoms with Crippen LogP contribution in [0.5, 0.6) is 0 Å². The summed E-state index contributed by atoms with van der Waals surface area (Å²) in [5.74, 6) is -0.317. The van der Waals surface area contributed by atoms with Gasteiger partial charge in [0.2, 0.25) is 0 Å². The third kappa shape index (κ3) is 3.17. The van der Waals surface area contributed by atoms with Crippen LogP contribution in [0.4, 0.5) is 10.8 Å².